The van der Waals surface area contributed by atoms with E-state index in [9.17, 15) is 0 Å². The summed E-state index contributed by atoms with van der Waals surface area (Å²) >= 11 is 0. The summed E-state index contributed by atoms with van der Waals surface area (Å²) in [5.41, 5.74) is 8.17. The molecule has 2 rings (SSSR count). The molecule has 0 radical (unpaired) electrons. The van der Waals surface area contributed by atoms with E-state index in [4.69, 9.17) is 10.3 Å². The Balaban J connectivity index is 2.26. The van der Waals surface area contributed by atoms with Crippen LogP contribution >= 0.6 is 0 Å². The number of hydrogen-bond acceptors (Lipinski definition) is 3. The van der Waals surface area contributed by atoms with Crippen LogP contribution in [0.1, 0.15) is 57.2 Å². The Bertz CT molecular complexity index is 357. The van der Waals surface area contributed by atoms with E-state index in [1.165, 1.54) is 19.3 Å². The fraction of sp³-hybridized carbons (Fsp3) is 0.769. The molecule has 90 valence electrons. The van der Waals surface area contributed by atoms with Gasteiger partial charge in [0.25, 0.3) is 0 Å². The van der Waals surface area contributed by atoms with Gasteiger partial charge in [-0.15, -0.1) is 0 Å². The van der Waals surface area contributed by atoms with Crippen molar-refractivity contribution in [1.82, 2.24) is 5.16 Å². The van der Waals surface area contributed by atoms with Crippen LogP contribution in [0.5, 0.6) is 0 Å². The zero-order valence-electron chi connectivity index (χ0n) is 10.5. The average molecular weight is 222 g/mol. The van der Waals surface area contributed by atoms with Crippen molar-refractivity contribution < 1.29 is 4.52 Å². The molecule has 0 aromatic carbocycles. The molecule has 0 aliphatic heterocycles. The van der Waals surface area contributed by atoms with Crippen LogP contribution in [0.3, 0.4) is 0 Å². The highest BCUT2D eigenvalue weighted by molar-refractivity contribution is 5.41. The highest BCUT2D eigenvalue weighted by Gasteiger charge is 2.30. The van der Waals surface area contributed by atoms with Crippen molar-refractivity contribution in [1.29, 1.82) is 0 Å². The number of nitrogens with zero attached hydrogens (tertiary/aromatic N) is 1. The summed E-state index contributed by atoms with van der Waals surface area (Å²) in [6.07, 6.45) is 4.82. The molecule has 1 saturated carbocycles. The van der Waals surface area contributed by atoms with Crippen LogP contribution < -0.4 is 5.73 Å². The highest BCUT2D eigenvalue weighted by Crippen LogP contribution is 2.41. The second kappa shape index (κ2) is 4.48. The molecule has 3 heteroatoms. The van der Waals surface area contributed by atoms with Gasteiger partial charge in [-0.25, -0.2) is 0 Å². The zero-order chi connectivity index (χ0) is 11.7. The summed E-state index contributed by atoms with van der Waals surface area (Å²) in [5, 5.41) is 4.20. The Morgan fingerprint density at radius 1 is 1.44 bits per heavy atom. The minimum atomic E-state index is 0.530. The molecule has 2 N–H and O–H groups in total. The van der Waals surface area contributed by atoms with Crippen LogP contribution in [0.2, 0.25) is 0 Å². The number of nitrogen functional groups attached to an aromatic ring is 1. The van der Waals surface area contributed by atoms with E-state index in [2.05, 4.69) is 25.9 Å². The highest BCUT2D eigenvalue weighted by atomic mass is 16.5. The van der Waals surface area contributed by atoms with Crippen molar-refractivity contribution in [2.75, 3.05) is 5.73 Å². The first kappa shape index (κ1) is 11.5. The summed E-state index contributed by atoms with van der Waals surface area (Å²) < 4.78 is 5.19. The Morgan fingerprint density at radius 2 is 2.19 bits per heavy atom. The van der Waals surface area contributed by atoms with Crippen molar-refractivity contribution in [3.05, 3.63) is 11.3 Å². The largest absolute Gasteiger partial charge is 0.367 e. The van der Waals surface area contributed by atoms with E-state index in [1.54, 1.807) is 0 Å². The van der Waals surface area contributed by atoms with Crippen LogP contribution in [0.25, 0.3) is 0 Å². The lowest BCUT2D eigenvalue weighted by atomic mass is 9.89. The molecule has 0 bridgehead atoms. The molecule has 0 amide bonds. The van der Waals surface area contributed by atoms with Crippen LogP contribution in [-0.2, 0) is 6.42 Å². The number of aromatic nitrogens is 1. The van der Waals surface area contributed by atoms with E-state index in [0.29, 0.717) is 17.7 Å². The van der Waals surface area contributed by atoms with Crippen LogP contribution in [0, 0.1) is 11.8 Å². The Hall–Kier alpha value is -0.990. The Kier molecular flexibility index (Phi) is 3.22. The van der Waals surface area contributed by atoms with Gasteiger partial charge in [-0.2, -0.15) is 0 Å². The van der Waals surface area contributed by atoms with Gasteiger partial charge in [-0.05, 0) is 24.7 Å². The molecule has 2 atom stereocenters. The molecule has 1 aliphatic rings. The fourth-order valence-electron chi connectivity index (χ4n) is 2.79. The van der Waals surface area contributed by atoms with Gasteiger partial charge in [0.15, 0.2) is 0 Å². The molecular formula is C13H22N2O. The standard InChI is InChI=1S/C13H22N2O/c1-8(2)7-11-12(15-16-13(11)14)10-6-4-5-9(10)3/h8-10H,4-7,14H2,1-3H3. The van der Waals surface area contributed by atoms with Crippen molar-refractivity contribution in [3.8, 4) is 0 Å². The maximum absolute atomic E-state index is 5.87. The first-order valence-corrected chi connectivity index (χ1v) is 6.33. The Labute approximate surface area is 97.4 Å². The number of anilines is 1. The molecule has 1 aromatic heterocycles. The SMILES string of the molecule is CC(C)Cc1c(C2CCCC2C)noc1N. The van der Waals surface area contributed by atoms with Gasteiger partial charge in [0.05, 0.1) is 5.69 Å². The predicted octanol–water partition coefficient (Wildman–Crippen LogP) is 3.36. The summed E-state index contributed by atoms with van der Waals surface area (Å²) in [4.78, 5) is 0. The molecule has 0 spiro atoms. The van der Waals surface area contributed by atoms with E-state index < -0.39 is 0 Å². The van der Waals surface area contributed by atoms with Gasteiger partial charge < -0.3 is 10.3 Å². The van der Waals surface area contributed by atoms with Crippen molar-refractivity contribution in [2.24, 2.45) is 11.8 Å². The summed E-state index contributed by atoms with van der Waals surface area (Å²) in [7, 11) is 0. The number of rotatable bonds is 3. The normalized spacial score (nSPS) is 25.5. The first-order chi connectivity index (χ1) is 7.59. The second-order valence-electron chi connectivity index (χ2n) is 5.52. The lowest BCUT2D eigenvalue weighted by Gasteiger charge is -2.14. The third kappa shape index (κ3) is 2.08. The second-order valence-corrected chi connectivity index (χ2v) is 5.52. The van der Waals surface area contributed by atoms with Crippen LogP contribution in [-0.4, -0.2) is 5.16 Å². The summed E-state index contributed by atoms with van der Waals surface area (Å²) in [5.74, 6) is 2.41. The molecule has 1 fully saturated rings. The number of hydrogen-bond donors (Lipinski definition) is 1. The van der Waals surface area contributed by atoms with Gasteiger partial charge in [0, 0.05) is 11.5 Å². The first-order valence-electron chi connectivity index (χ1n) is 6.33. The summed E-state index contributed by atoms with van der Waals surface area (Å²) in [6.45, 7) is 6.71. The van der Waals surface area contributed by atoms with E-state index >= 15 is 0 Å². The maximum atomic E-state index is 5.87. The smallest absolute Gasteiger partial charge is 0.225 e. The van der Waals surface area contributed by atoms with Crippen LogP contribution in [0.15, 0.2) is 4.52 Å². The monoisotopic (exact) mass is 222 g/mol. The summed E-state index contributed by atoms with van der Waals surface area (Å²) in [6, 6.07) is 0. The molecule has 1 aromatic rings. The minimum absolute atomic E-state index is 0.530. The lowest BCUT2D eigenvalue weighted by molar-refractivity contribution is 0.407. The molecule has 2 unspecified atom stereocenters. The molecule has 1 heterocycles. The van der Waals surface area contributed by atoms with Gasteiger partial charge in [0.2, 0.25) is 5.88 Å². The molecular weight excluding hydrogens is 200 g/mol. The quantitative estimate of drug-likeness (QED) is 0.853. The Morgan fingerprint density at radius 3 is 2.75 bits per heavy atom. The molecule has 1 aliphatic carbocycles. The number of nitrogens with two attached hydrogens (primary N) is 1. The van der Waals surface area contributed by atoms with Crippen molar-refractivity contribution in [3.63, 3.8) is 0 Å². The van der Waals surface area contributed by atoms with Gasteiger partial charge in [-0.1, -0.05) is 38.8 Å². The molecule has 3 nitrogen and oxygen atoms in total. The van der Waals surface area contributed by atoms with Crippen molar-refractivity contribution >= 4 is 5.88 Å². The van der Waals surface area contributed by atoms with Gasteiger partial charge in [-0.3, -0.25) is 0 Å². The molecule has 0 saturated heterocycles. The zero-order valence-corrected chi connectivity index (χ0v) is 10.5. The van der Waals surface area contributed by atoms with E-state index in [-0.39, 0.29) is 0 Å². The van der Waals surface area contributed by atoms with Crippen molar-refractivity contribution in [2.45, 2.75) is 52.4 Å². The average Bonchev–Trinajstić information content (AvgIpc) is 2.75. The lowest BCUT2D eigenvalue weighted by Crippen LogP contribution is -2.08. The van der Waals surface area contributed by atoms with Gasteiger partial charge >= 0.3 is 0 Å². The van der Waals surface area contributed by atoms with Gasteiger partial charge in [0.1, 0.15) is 0 Å². The third-order valence-electron chi connectivity index (χ3n) is 3.67. The van der Waals surface area contributed by atoms with E-state index in [0.717, 1.165) is 23.6 Å². The third-order valence-corrected chi connectivity index (χ3v) is 3.67. The van der Waals surface area contributed by atoms with Crippen LogP contribution in [0.4, 0.5) is 5.88 Å². The minimum Gasteiger partial charge on any atom is -0.367 e. The van der Waals surface area contributed by atoms with E-state index in [1.807, 2.05) is 0 Å². The fourth-order valence-corrected chi connectivity index (χ4v) is 2.79. The predicted molar refractivity (Wildman–Crippen MR) is 65.2 cm³/mol. The molecule has 16 heavy (non-hydrogen) atoms. The maximum Gasteiger partial charge on any atom is 0.225 e. The topological polar surface area (TPSA) is 52.0 Å².